The monoisotopic (exact) mass is 247 g/mol. The van der Waals surface area contributed by atoms with Gasteiger partial charge in [-0.25, -0.2) is 0 Å². The molecule has 0 aromatic heterocycles. The highest BCUT2D eigenvalue weighted by Gasteiger charge is 2.31. The van der Waals surface area contributed by atoms with E-state index in [1.165, 1.54) is 29.8 Å². The number of rotatable bonds is 1. The predicted molar refractivity (Wildman–Crippen MR) is 82.7 cm³/mol. The van der Waals surface area contributed by atoms with Crippen LogP contribution < -0.4 is 4.90 Å². The van der Waals surface area contributed by atoms with Gasteiger partial charge in [0.05, 0.1) is 0 Å². The van der Waals surface area contributed by atoms with Crippen molar-refractivity contribution in [1.29, 1.82) is 0 Å². The van der Waals surface area contributed by atoms with Gasteiger partial charge in [0.15, 0.2) is 0 Å². The lowest BCUT2D eigenvalue weighted by atomic mass is 9.77. The van der Waals surface area contributed by atoms with Gasteiger partial charge in [0.1, 0.15) is 0 Å². The predicted octanol–water partition coefficient (Wildman–Crippen LogP) is 4.92. The Morgan fingerprint density at radius 3 is 2.33 bits per heavy atom. The van der Waals surface area contributed by atoms with E-state index in [-0.39, 0.29) is 0 Å². The van der Waals surface area contributed by atoms with Crippen LogP contribution in [0.15, 0.2) is 18.2 Å². The highest BCUT2D eigenvalue weighted by atomic mass is 15.2. The Kier molecular flexibility index (Phi) is 4.84. The van der Waals surface area contributed by atoms with E-state index >= 15 is 0 Å². The number of hydrogen-bond donors (Lipinski definition) is 0. The van der Waals surface area contributed by atoms with Gasteiger partial charge in [-0.1, -0.05) is 45.4 Å². The van der Waals surface area contributed by atoms with Crippen LogP contribution in [0, 0.1) is 6.92 Å². The molecule has 1 heteroatoms. The minimum absolute atomic E-state index is 0.326. The summed E-state index contributed by atoms with van der Waals surface area (Å²) in [5.41, 5.74) is 4.66. The Morgan fingerprint density at radius 2 is 1.78 bits per heavy atom. The molecule has 1 nitrogen and oxygen atoms in total. The summed E-state index contributed by atoms with van der Waals surface area (Å²) in [6.07, 6.45) is 1.25. The summed E-state index contributed by atoms with van der Waals surface area (Å²) in [5, 5.41) is 0. The maximum absolute atomic E-state index is 2.53. The zero-order valence-electron chi connectivity index (χ0n) is 13.2. The fourth-order valence-corrected chi connectivity index (χ4v) is 2.63. The van der Waals surface area contributed by atoms with Gasteiger partial charge in [-0.2, -0.15) is 0 Å². The van der Waals surface area contributed by atoms with Gasteiger partial charge < -0.3 is 4.90 Å². The molecule has 0 saturated heterocycles. The van der Waals surface area contributed by atoms with Crippen LogP contribution in [0.4, 0.5) is 5.69 Å². The number of fused-ring (bicyclic) bond motifs is 1. The molecule has 0 saturated carbocycles. The maximum atomic E-state index is 2.53. The average Bonchev–Trinajstić information content (AvgIpc) is 2.32. The van der Waals surface area contributed by atoms with Crippen LogP contribution in [0.25, 0.3) is 0 Å². The molecule has 2 rings (SSSR count). The highest BCUT2D eigenvalue weighted by Crippen LogP contribution is 2.40. The molecule has 0 atom stereocenters. The molecule has 0 fully saturated rings. The fraction of sp³-hybridized carbons (Fsp3) is 0.647. The van der Waals surface area contributed by atoms with Gasteiger partial charge in [0, 0.05) is 18.3 Å². The third-order valence-corrected chi connectivity index (χ3v) is 3.79. The second-order valence-electron chi connectivity index (χ2n) is 5.94. The van der Waals surface area contributed by atoms with Crippen molar-refractivity contribution in [3.05, 3.63) is 29.3 Å². The Balaban J connectivity index is 0.000000771. The maximum Gasteiger partial charge on any atom is 0.0406 e. The summed E-state index contributed by atoms with van der Waals surface area (Å²) in [6, 6.07) is 7.49. The molecule has 1 aliphatic heterocycles. The van der Waals surface area contributed by atoms with Crippen LogP contribution in [-0.4, -0.2) is 12.6 Å². The highest BCUT2D eigenvalue weighted by molar-refractivity contribution is 5.60. The van der Waals surface area contributed by atoms with Crippen LogP contribution >= 0.6 is 0 Å². The Bertz CT molecular complexity index is 391. The smallest absolute Gasteiger partial charge is 0.0406 e. The topological polar surface area (TPSA) is 3.24 Å². The van der Waals surface area contributed by atoms with Crippen molar-refractivity contribution in [1.82, 2.24) is 0 Å². The van der Waals surface area contributed by atoms with E-state index in [1.54, 1.807) is 0 Å². The van der Waals surface area contributed by atoms with Crippen LogP contribution in [-0.2, 0) is 5.41 Å². The number of benzene rings is 1. The van der Waals surface area contributed by atoms with Gasteiger partial charge in [0.2, 0.25) is 0 Å². The molecule has 0 aliphatic carbocycles. The molecule has 1 aromatic rings. The number of nitrogens with zero attached hydrogens (tertiary/aromatic N) is 1. The third-order valence-electron chi connectivity index (χ3n) is 3.79. The molecule has 18 heavy (non-hydrogen) atoms. The van der Waals surface area contributed by atoms with Gasteiger partial charge in [-0.3, -0.25) is 0 Å². The lowest BCUT2D eigenvalue weighted by Gasteiger charge is -2.42. The van der Waals surface area contributed by atoms with E-state index in [1.807, 2.05) is 13.8 Å². The molecule has 1 aliphatic rings. The zero-order valence-corrected chi connectivity index (χ0v) is 13.2. The summed E-state index contributed by atoms with van der Waals surface area (Å²) in [5.74, 6) is 0. The van der Waals surface area contributed by atoms with Gasteiger partial charge in [-0.15, -0.1) is 0 Å². The average molecular weight is 247 g/mol. The Labute approximate surface area is 113 Å². The normalized spacial score (nSPS) is 17.0. The number of aryl methyl sites for hydroxylation is 1. The summed E-state index contributed by atoms with van der Waals surface area (Å²) < 4.78 is 0. The summed E-state index contributed by atoms with van der Waals surface area (Å²) in [7, 11) is 0. The molecule has 0 amide bonds. The van der Waals surface area contributed by atoms with Crippen molar-refractivity contribution in [2.75, 3.05) is 11.4 Å². The SMILES string of the molecule is CC.Cc1ccc2c(c1)C(C)(C)CCN2C(C)C. The second-order valence-corrected chi connectivity index (χ2v) is 5.94. The van der Waals surface area contributed by atoms with E-state index in [0.29, 0.717) is 11.5 Å². The Morgan fingerprint density at radius 1 is 1.17 bits per heavy atom. The molecule has 1 aromatic carbocycles. The van der Waals surface area contributed by atoms with E-state index in [0.717, 1.165) is 0 Å². The summed E-state index contributed by atoms with van der Waals surface area (Å²) in [6.45, 7) is 16.7. The standard InChI is InChI=1S/C15H23N.C2H6/c1-11(2)16-9-8-15(4,5)13-10-12(3)6-7-14(13)16;1-2/h6-7,10-11H,8-9H2,1-5H3;1-2H3. The first-order valence-electron chi connectivity index (χ1n) is 7.29. The van der Waals surface area contributed by atoms with Crippen molar-refractivity contribution in [3.8, 4) is 0 Å². The first-order chi connectivity index (χ1) is 8.42. The van der Waals surface area contributed by atoms with E-state index in [4.69, 9.17) is 0 Å². The van der Waals surface area contributed by atoms with Crippen molar-refractivity contribution >= 4 is 5.69 Å². The minimum atomic E-state index is 0.326. The van der Waals surface area contributed by atoms with E-state index < -0.39 is 0 Å². The Hall–Kier alpha value is -0.980. The quantitative estimate of drug-likeness (QED) is 0.681. The second kappa shape index (κ2) is 5.77. The van der Waals surface area contributed by atoms with Crippen LogP contribution in [0.2, 0.25) is 0 Å². The first kappa shape index (κ1) is 15.1. The van der Waals surface area contributed by atoms with Gasteiger partial charge in [0.25, 0.3) is 0 Å². The molecular weight excluding hydrogens is 218 g/mol. The molecule has 0 spiro atoms. The lowest BCUT2D eigenvalue weighted by Crippen LogP contribution is -2.41. The molecule has 0 radical (unpaired) electrons. The molecule has 0 unspecified atom stereocenters. The molecular formula is C17H29N. The van der Waals surface area contributed by atoms with Crippen molar-refractivity contribution in [2.24, 2.45) is 0 Å². The summed E-state index contributed by atoms with van der Waals surface area (Å²) in [4.78, 5) is 2.53. The van der Waals surface area contributed by atoms with Crippen LogP contribution in [0.5, 0.6) is 0 Å². The number of hydrogen-bond acceptors (Lipinski definition) is 1. The summed E-state index contributed by atoms with van der Waals surface area (Å²) >= 11 is 0. The molecule has 102 valence electrons. The van der Waals surface area contributed by atoms with Crippen molar-refractivity contribution < 1.29 is 0 Å². The minimum Gasteiger partial charge on any atom is -0.369 e. The number of anilines is 1. The van der Waals surface area contributed by atoms with Crippen molar-refractivity contribution in [2.45, 2.75) is 66.3 Å². The first-order valence-corrected chi connectivity index (χ1v) is 7.29. The van der Waals surface area contributed by atoms with Crippen LogP contribution in [0.1, 0.15) is 59.1 Å². The van der Waals surface area contributed by atoms with Crippen molar-refractivity contribution in [3.63, 3.8) is 0 Å². The van der Waals surface area contributed by atoms with E-state index in [2.05, 4.69) is 57.7 Å². The van der Waals surface area contributed by atoms with Crippen LogP contribution in [0.3, 0.4) is 0 Å². The largest absolute Gasteiger partial charge is 0.369 e. The van der Waals surface area contributed by atoms with E-state index in [9.17, 15) is 0 Å². The molecule has 0 N–H and O–H groups in total. The third kappa shape index (κ3) is 2.88. The lowest BCUT2D eigenvalue weighted by molar-refractivity contribution is 0.442. The van der Waals surface area contributed by atoms with Gasteiger partial charge in [-0.05, 0) is 44.2 Å². The molecule has 0 bridgehead atoms. The molecule has 1 heterocycles. The fourth-order valence-electron chi connectivity index (χ4n) is 2.63. The van der Waals surface area contributed by atoms with Gasteiger partial charge >= 0.3 is 0 Å². The zero-order chi connectivity index (χ0) is 13.9.